The molecule has 2 aromatic carbocycles. The van der Waals surface area contributed by atoms with E-state index in [4.69, 9.17) is 9.47 Å². The number of ether oxygens (including phenoxy) is 2. The zero-order chi connectivity index (χ0) is 17.8. The molecule has 3 rings (SSSR count). The molecule has 1 fully saturated rings. The van der Waals surface area contributed by atoms with E-state index in [1.165, 1.54) is 12.0 Å². The molecule has 4 heteroatoms. The average Bonchev–Trinajstić information content (AvgIpc) is 3.09. The van der Waals surface area contributed by atoms with Gasteiger partial charge in [-0.1, -0.05) is 12.1 Å². The van der Waals surface area contributed by atoms with E-state index in [1.807, 2.05) is 30.3 Å². The quantitative estimate of drug-likeness (QED) is 0.738. The summed E-state index contributed by atoms with van der Waals surface area (Å²) in [5, 5.41) is 0. The maximum Gasteiger partial charge on any atom is 0.159 e. The molecule has 1 atom stereocenters. The van der Waals surface area contributed by atoms with Crippen LogP contribution in [0.4, 0.5) is 0 Å². The van der Waals surface area contributed by atoms with Crippen LogP contribution in [0.15, 0.2) is 42.5 Å². The van der Waals surface area contributed by atoms with Gasteiger partial charge in [-0.2, -0.15) is 0 Å². The molecule has 0 amide bonds. The van der Waals surface area contributed by atoms with Gasteiger partial charge in [0.15, 0.2) is 5.78 Å². The van der Waals surface area contributed by atoms with E-state index < -0.39 is 0 Å². The molecule has 1 heterocycles. The van der Waals surface area contributed by atoms with Gasteiger partial charge < -0.3 is 9.47 Å². The Bertz CT molecular complexity index is 739. The van der Waals surface area contributed by atoms with Crippen molar-refractivity contribution in [2.45, 2.75) is 32.4 Å². The van der Waals surface area contributed by atoms with Gasteiger partial charge in [-0.25, -0.2) is 0 Å². The maximum atomic E-state index is 11.7. The van der Waals surface area contributed by atoms with Crippen molar-refractivity contribution in [3.63, 3.8) is 0 Å². The lowest BCUT2D eigenvalue weighted by Gasteiger charge is -2.26. The second-order valence-electron chi connectivity index (χ2n) is 6.48. The third kappa shape index (κ3) is 3.85. The van der Waals surface area contributed by atoms with Crippen LogP contribution in [0.3, 0.4) is 0 Å². The number of carbonyl (C=O) groups excluding carboxylic acids is 1. The Labute approximate surface area is 149 Å². The monoisotopic (exact) mass is 339 g/mol. The minimum Gasteiger partial charge on any atom is -0.497 e. The van der Waals surface area contributed by atoms with Gasteiger partial charge in [0.05, 0.1) is 14.2 Å². The van der Waals surface area contributed by atoms with Crippen LogP contribution in [0.5, 0.6) is 11.5 Å². The summed E-state index contributed by atoms with van der Waals surface area (Å²) in [6.45, 7) is 3.42. The van der Waals surface area contributed by atoms with Gasteiger partial charge in [-0.15, -0.1) is 0 Å². The molecule has 1 aliphatic rings. The predicted molar refractivity (Wildman–Crippen MR) is 98.4 cm³/mol. The lowest BCUT2D eigenvalue weighted by Crippen LogP contribution is -2.23. The average molecular weight is 339 g/mol. The molecule has 25 heavy (non-hydrogen) atoms. The number of hydrogen-bond donors (Lipinski definition) is 0. The summed E-state index contributed by atoms with van der Waals surface area (Å²) >= 11 is 0. The molecule has 132 valence electrons. The van der Waals surface area contributed by atoms with E-state index in [2.05, 4.69) is 17.0 Å². The number of hydrogen-bond acceptors (Lipinski definition) is 4. The Kier molecular flexibility index (Phi) is 5.39. The summed E-state index contributed by atoms with van der Waals surface area (Å²) in [5.74, 6) is 1.80. The first-order valence-electron chi connectivity index (χ1n) is 8.68. The van der Waals surface area contributed by atoms with E-state index in [0.29, 0.717) is 6.04 Å². The lowest BCUT2D eigenvalue weighted by atomic mass is 10.0. The van der Waals surface area contributed by atoms with Crippen molar-refractivity contribution < 1.29 is 14.3 Å². The number of benzene rings is 2. The van der Waals surface area contributed by atoms with Crippen LogP contribution in [0.2, 0.25) is 0 Å². The summed E-state index contributed by atoms with van der Waals surface area (Å²) in [4.78, 5) is 14.2. The van der Waals surface area contributed by atoms with Crippen LogP contribution in [0.25, 0.3) is 0 Å². The van der Waals surface area contributed by atoms with Gasteiger partial charge in [0.25, 0.3) is 0 Å². The maximum absolute atomic E-state index is 11.7. The molecular weight excluding hydrogens is 314 g/mol. The minimum absolute atomic E-state index is 0.0806. The van der Waals surface area contributed by atoms with Crippen LogP contribution in [0.1, 0.15) is 47.3 Å². The fourth-order valence-electron chi connectivity index (χ4n) is 3.56. The predicted octanol–water partition coefficient (Wildman–Crippen LogP) is 4.24. The molecule has 0 spiro atoms. The molecule has 1 saturated heterocycles. The normalized spacial score (nSPS) is 17.5. The zero-order valence-corrected chi connectivity index (χ0v) is 15.1. The van der Waals surface area contributed by atoms with Gasteiger partial charge in [0.1, 0.15) is 11.5 Å². The SMILES string of the molecule is COc1ccc(C2CCCN2Cc2cc(C(C)=O)ccc2OC)cc1. The van der Waals surface area contributed by atoms with Crippen molar-refractivity contribution in [2.75, 3.05) is 20.8 Å². The second-order valence-corrected chi connectivity index (χ2v) is 6.48. The lowest BCUT2D eigenvalue weighted by molar-refractivity contribution is 0.101. The molecule has 1 aliphatic heterocycles. The Hall–Kier alpha value is -2.33. The Morgan fingerprint density at radius 1 is 1.12 bits per heavy atom. The number of ketones is 1. The molecule has 4 nitrogen and oxygen atoms in total. The molecule has 0 radical (unpaired) electrons. The summed E-state index contributed by atoms with van der Waals surface area (Å²) in [6.07, 6.45) is 2.31. The van der Waals surface area contributed by atoms with Gasteiger partial charge in [-0.05, 0) is 62.2 Å². The van der Waals surface area contributed by atoms with Crippen LogP contribution < -0.4 is 9.47 Å². The molecule has 0 aromatic heterocycles. The Morgan fingerprint density at radius 3 is 2.52 bits per heavy atom. The van der Waals surface area contributed by atoms with Crippen molar-refractivity contribution in [1.82, 2.24) is 4.90 Å². The van der Waals surface area contributed by atoms with Crippen LogP contribution in [-0.2, 0) is 6.54 Å². The summed E-state index contributed by atoms with van der Waals surface area (Å²) in [7, 11) is 3.36. The fraction of sp³-hybridized carbons (Fsp3) is 0.381. The highest BCUT2D eigenvalue weighted by Crippen LogP contribution is 2.35. The molecule has 0 saturated carbocycles. The third-order valence-electron chi connectivity index (χ3n) is 4.92. The van der Waals surface area contributed by atoms with E-state index >= 15 is 0 Å². The van der Waals surface area contributed by atoms with Crippen molar-refractivity contribution in [3.8, 4) is 11.5 Å². The highest BCUT2D eigenvalue weighted by Gasteiger charge is 2.27. The summed E-state index contributed by atoms with van der Waals surface area (Å²) in [6, 6.07) is 14.4. The molecule has 0 bridgehead atoms. The Morgan fingerprint density at radius 2 is 1.88 bits per heavy atom. The smallest absolute Gasteiger partial charge is 0.159 e. The molecule has 1 unspecified atom stereocenters. The zero-order valence-electron chi connectivity index (χ0n) is 15.1. The first-order chi connectivity index (χ1) is 12.1. The first kappa shape index (κ1) is 17.5. The third-order valence-corrected chi connectivity index (χ3v) is 4.92. The van der Waals surface area contributed by atoms with Gasteiger partial charge >= 0.3 is 0 Å². The Balaban J connectivity index is 1.83. The van der Waals surface area contributed by atoms with Gasteiger partial charge in [0.2, 0.25) is 0 Å². The first-order valence-corrected chi connectivity index (χ1v) is 8.68. The van der Waals surface area contributed by atoms with Crippen LogP contribution in [-0.4, -0.2) is 31.4 Å². The number of likely N-dealkylation sites (tertiary alicyclic amines) is 1. The van der Waals surface area contributed by atoms with Crippen molar-refractivity contribution >= 4 is 5.78 Å². The largest absolute Gasteiger partial charge is 0.497 e. The standard InChI is InChI=1S/C21H25NO3/c1-15(23)17-8-11-21(25-3)18(13-17)14-22-12-4-5-20(22)16-6-9-19(24-2)10-7-16/h6-11,13,20H,4-5,12,14H2,1-3H3. The number of nitrogens with zero attached hydrogens (tertiary/aromatic N) is 1. The molecule has 0 N–H and O–H groups in total. The number of methoxy groups -OCH3 is 2. The molecule has 0 aliphatic carbocycles. The summed E-state index contributed by atoms with van der Waals surface area (Å²) < 4.78 is 10.8. The van der Waals surface area contributed by atoms with E-state index in [-0.39, 0.29) is 5.78 Å². The number of Topliss-reactive ketones (excluding diaryl/α,β-unsaturated/α-hetero) is 1. The minimum atomic E-state index is 0.0806. The van der Waals surface area contributed by atoms with Crippen molar-refractivity contribution in [2.24, 2.45) is 0 Å². The number of rotatable bonds is 6. The van der Waals surface area contributed by atoms with Crippen molar-refractivity contribution in [3.05, 3.63) is 59.2 Å². The van der Waals surface area contributed by atoms with E-state index in [0.717, 1.165) is 42.1 Å². The van der Waals surface area contributed by atoms with Gasteiger partial charge in [0, 0.05) is 23.7 Å². The van der Waals surface area contributed by atoms with Crippen LogP contribution >= 0.6 is 0 Å². The molecule has 2 aromatic rings. The second kappa shape index (κ2) is 7.70. The highest BCUT2D eigenvalue weighted by atomic mass is 16.5. The van der Waals surface area contributed by atoms with Gasteiger partial charge in [-0.3, -0.25) is 9.69 Å². The topological polar surface area (TPSA) is 38.8 Å². The number of carbonyl (C=O) groups is 1. The fourth-order valence-corrected chi connectivity index (χ4v) is 3.56. The van der Waals surface area contributed by atoms with E-state index in [1.54, 1.807) is 21.1 Å². The van der Waals surface area contributed by atoms with E-state index in [9.17, 15) is 4.79 Å². The summed E-state index contributed by atoms with van der Waals surface area (Å²) in [5.41, 5.74) is 3.10. The van der Waals surface area contributed by atoms with Crippen molar-refractivity contribution in [1.29, 1.82) is 0 Å². The van der Waals surface area contributed by atoms with Crippen LogP contribution in [0, 0.1) is 0 Å². The highest BCUT2D eigenvalue weighted by molar-refractivity contribution is 5.94. The molecular formula is C21H25NO3.